The van der Waals surface area contributed by atoms with Crippen LogP contribution >= 0.6 is 0 Å². The molecule has 0 radical (unpaired) electrons. The number of aliphatic hydroxyl groups excluding tert-OH is 2. The van der Waals surface area contributed by atoms with Crippen LogP contribution in [0.15, 0.2) is 0 Å². The van der Waals surface area contributed by atoms with E-state index in [1.54, 1.807) is 13.8 Å². The van der Waals surface area contributed by atoms with Gasteiger partial charge in [-0.3, -0.25) is 0 Å². The van der Waals surface area contributed by atoms with E-state index in [2.05, 4.69) is 0 Å². The van der Waals surface area contributed by atoms with Crippen LogP contribution in [-0.4, -0.2) is 23.4 Å². The summed E-state index contributed by atoms with van der Waals surface area (Å²) in [6.45, 7) is 3.86. The SMILES string of the molecule is CCO.CCO.[Mo]. The summed E-state index contributed by atoms with van der Waals surface area (Å²) in [5.74, 6) is 0. The average molecular weight is 188 g/mol. The first-order valence-corrected chi connectivity index (χ1v) is 2.05. The molecule has 7 heavy (non-hydrogen) atoms. The standard InChI is InChI=1S/2C2H6O.Mo/c2*1-2-3;/h2*3H,2H2,1H3;. The van der Waals surface area contributed by atoms with Gasteiger partial charge in [-0.15, -0.1) is 0 Å². The Morgan fingerprint density at radius 3 is 1.00 bits per heavy atom. The topological polar surface area (TPSA) is 40.5 Å². The molecule has 46 valence electrons. The molecule has 0 aliphatic rings. The van der Waals surface area contributed by atoms with Gasteiger partial charge >= 0.3 is 0 Å². The molecule has 0 rings (SSSR count). The summed E-state index contributed by atoms with van der Waals surface area (Å²) in [5, 5.41) is 15.1. The minimum Gasteiger partial charge on any atom is -0.397 e. The fraction of sp³-hybridized carbons (Fsp3) is 1.00. The summed E-state index contributed by atoms with van der Waals surface area (Å²) in [4.78, 5) is 0. The zero-order valence-electron chi connectivity index (χ0n) is 4.72. The molecule has 0 aromatic heterocycles. The molecular formula is C4H12MoO2. The van der Waals surface area contributed by atoms with Crippen LogP contribution in [0.5, 0.6) is 0 Å². The fourth-order valence-corrected chi connectivity index (χ4v) is 0. The predicted molar refractivity (Wildman–Crippen MR) is 25.5 cm³/mol. The first-order valence-electron chi connectivity index (χ1n) is 2.05. The van der Waals surface area contributed by atoms with Crippen molar-refractivity contribution in [1.82, 2.24) is 0 Å². The van der Waals surface area contributed by atoms with Crippen LogP contribution in [0.2, 0.25) is 0 Å². The molecule has 2 nitrogen and oxygen atoms in total. The third-order valence-electron chi connectivity index (χ3n) is 0. The van der Waals surface area contributed by atoms with Crippen LogP contribution in [-0.2, 0) is 21.1 Å². The van der Waals surface area contributed by atoms with Gasteiger partial charge in [-0.05, 0) is 13.8 Å². The Balaban J connectivity index is -0.0000000400. The van der Waals surface area contributed by atoms with E-state index in [0.29, 0.717) is 0 Å². The summed E-state index contributed by atoms with van der Waals surface area (Å²) in [5.41, 5.74) is 0. The number of rotatable bonds is 0. The van der Waals surface area contributed by atoms with Crippen molar-refractivity contribution in [2.75, 3.05) is 13.2 Å². The summed E-state index contributed by atoms with van der Waals surface area (Å²) >= 11 is 0. The predicted octanol–water partition coefficient (Wildman–Crippen LogP) is -0.00530. The summed E-state index contributed by atoms with van der Waals surface area (Å²) in [7, 11) is 0. The molecule has 0 saturated heterocycles. The third-order valence-corrected chi connectivity index (χ3v) is 0. The molecule has 0 heterocycles. The molecule has 0 saturated carbocycles. The quantitative estimate of drug-likeness (QED) is 0.525. The van der Waals surface area contributed by atoms with Crippen LogP contribution in [0, 0.1) is 0 Å². The van der Waals surface area contributed by atoms with Crippen molar-refractivity contribution in [3.05, 3.63) is 0 Å². The maximum absolute atomic E-state index is 7.57. The zero-order valence-corrected chi connectivity index (χ0v) is 6.72. The third kappa shape index (κ3) is 379. The van der Waals surface area contributed by atoms with Crippen molar-refractivity contribution in [2.24, 2.45) is 0 Å². The van der Waals surface area contributed by atoms with Crippen molar-refractivity contribution >= 4 is 0 Å². The second-order valence-electron chi connectivity index (χ2n) is 0.632. The second-order valence-corrected chi connectivity index (χ2v) is 0.632. The molecule has 0 unspecified atom stereocenters. The molecule has 0 atom stereocenters. The van der Waals surface area contributed by atoms with E-state index < -0.39 is 0 Å². The monoisotopic (exact) mass is 190 g/mol. The van der Waals surface area contributed by atoms with Crippen molar-refractivity contribution < 1.29 is 31.3 Å². The minimum absolute atomic E-state index is 0. The second kappa shape index (κ2) is 30.6. The molecule has 2 N–H and O–H groups in total. The largest absolute Gasteiger partial charge is 0.397 e. The first kappa shape index (κ1) is 15.6. The number of hydrogen-bond donors (Lipinski definition) is 2. The van der Waals surface area contributed by atoms with E-state index in [1.807, 2.05) is 0 Å². The maximum Gasteiger partial charge on any atom is 0.0402 e. The van der Waals surface area contributed by atoms with Crippen molar-refractivity contribution in [1.29, 1.82) is 0 Å². The van der Waals surface area contributed by atoms with Crippen molar-refractivity contribution in [3.8, 4) is 0 Å². The van der Waals surface area contributed by atoms with Crippen LogP contribution in [0.4, 0.5) is 0 Å². The van der Waals surface area contributed by atoms with Gasteiger partial charge in [0.1, 0.15) is 0 Å². The molecule has 0 aliphatic heterocycles. The van der Waals surface area contributed by atoms with Gasteiger partial charge in [0, 0.05) is 34.3 Å². The van der Waals surface area contributed by atoms with Gasteiger partial charge in [-0.2, -0.15) is 0 Å². The van der Waals surface area contributed by atoms with E-state index in [9.17, 15) is 0 Å². The first-order chi connectivity index (χ1) is 2.83. The van der Waals surface area contributed by atoms with Gasteiger partial charge in [0.05, 0.1) is 0 Å². The van der Waals surface area contributed by atoms with Gasteiger partial charge in [0.25, 0.3) is 0 Å². The molecule has 0 bridgehead atoms. The van der Waals surface area contributed by atoms with Gasteiger partial charge in [-0.1, -0.05) is 0 Å². The van der Waals surface area contributed by atoms with Crippen molar-refractivity contribution in [3.63, 3.8) is 0 Å². The van der Waals surface area contributed by atoms with Gasteiger partial charge < -0.3 is 10.2 Å². The molecule has 0 fully saturated rings. The van der Waals surface area contributed by atoms with E-state index in [-0.39, 0.29) is 34.3 Å². The van der Waals surface area contributed by atoms with Crippen molar-refractivity contribution in [2.45, 2.75) is 13.8 Å². The number of aliphatic hydroxyl groups is 2. The molecule has 0 aromatic carbocycles. The zero-order chi connectivity index (χ0) is 5.41. The van der Waals surface area contributed by atoms with Gasteiger partial charge in [-0.25, -0.2) is 0 Å². The Bertz CT molecular complexity index is 11.7. The summed E-state index contributed by atoms with van der Waals surface area (Å²) < 4.78 is 0. The Morgan fingerprint density at radius 2 is 1.00 bits per heavy atom. The maximum atomic E-state index is 7.57. The Morgan fingerprint density at radius 1 is 1.00 bits per heavy atom. The Kier molecular flexibility index (Phi) is 68.3. The van der Waals surface area contributed by atoms with Crippen LogP contribution in [0.1, 0.15) is 13.8 Å². The Hall–Kier alpha value is 0.608. The van der Waals surface area contributed by atoms with Gasteiger partial charge in [0.2, 0.25) is 0 Å². The molecule has 3 heteroatoms. The van der Waals surface area contributed by atoms with Crippen LogP contribution in [0.25, 0.3) is 0 Å². The molecular weight excluding hydrogens is 176 g/mol. The van der Waals surface area contributed by atoms with Gasteiger partial charge in [0.15, 0.2) is 0 Å². The van der Waals surface area contributed by atoms with E-state index in [4.69, 9.17) is 10.2 Å². The van der Waals surface area contributed by atoms with Crippen LogP contribution < -0.4 is 0 Å². The molecule has 0 aromatic rings. The summed E-state index contributed by atoms with van der Waals surface area (Å²) in [6.07, 6.45) is 0. The van der Waals surface area contributed by atoms with Crippen LogP contribution in [0.3, 0.4) is 0 Å². The molecule has 0 aliphatic carbocycles. The molecule has 0 amide bonds. The normalized spacial score (nSPS) is 5.14. The van der Waals surface area contributed by atoms with E-state index >= 15 is 0 Å². The summed E-state index contributed by atoms with van der Waals surface area (Å²) in [6, 6.07) is 0. The molecule has 0 spiro atoms. The van der Waals surface area contributed by atoms with E-state index in [1.165, 1.54) is 0 Å². The minimum atomic E-state index is 0. The van der Waals surface area contributed by atoms with E-state index in [0.717, 1.165) is 0 Å². The Labute approximate surface area is 58.8 Å². The smallest absolute Gasteiger partial charge is 0.0402 e. The fourth-order valence-electron chi connectivity index (χ4n) is 0. The number of hydrogen-bond acceptors (Lipinski definition) is 2. The average Bonchev–Trinajstić information content (AvgIpc) is 1.39.